The van der Waals surface area contributed by atoms with E-state index in [1.165, 1.54) is 64.2 Å². The van der Waals surface area contributed by atoms with Crippen LogP contribution in [-0.4, -0.2) is 83.8 Å². The Morgan fingerprint density at radius 1 is 0.714 bits per heavy atom. The van der Waals surface area contributed by atoms with Crippen LogP contribution in [-0.2, 0) is 23.2 Å². The van der Waals surface area contributed by atoms with Crippen LogP contribution in [0.2, 0.25) is 0 Å². The maximum Gasteiger partial charge on any atom is 0.473 e. The second-order valence-electron chi connectivity index (χ2n) is 13.0. The van der Waals surface area contributed by atoms with Gasteiger partial charge in [0.25, 0.3) is 0 Å². The predicted octanol–water partition coefficient (Wildman–Crippen LogP) is 6.90. The first kappa shape index (κ1) is 41.3. The highest BCUT2D eigenvalue weighted by Crippen LogP contribution is 2.49. The third-order valence-corrected chi connectivity index (χ3v) is 8.54. The molecule has 0 bridgehead atoms. The number of hydrogen-bond donors (Lipinski definition) is 3. The molecule has 0 aromatic heterocycles. The molecule has 0 saturated carbocycles. The van der Waals surface area contributed by atoms with Crippen molar-refractivity contribution in [1.82, 2.24) is 0 Å². The average molecular weight is 623 g/mol. The molecule has 3 N–H and O–H groups in total. The minimum absolute atomic E-state index is 0.0681. The number of phosphoric ester groups is 1. The number of likely N-dealkylation sites (N-methyl/N-ethyl adjacent to an activating group) is 1. The highest BCUT2D eigenvalue weighted by molar-refractivity contribution is 7.47. The molecule has 10 heteroatoms. The van der Waals surface area contributed by atoms with Gasteiger partial charge in [-0.1, -0.05) is 117 Å². The van der Waals surface area contributed by atoms with Crippen LogP contribution in [0.1, 0.15) is 142 Å². The van der Waals surface area contributed by atoms with E-state index in [-0.39, 0.29) is 23.9 Å². The standard InChI is InChI=1S/C32H64NO8P/c1-6-8-10-12-14-16-18-20-22-24-30(36)32(28-33(3,4)5,41-42(38,39)40-27-29(35)26-34)31(37)25-23-21-19-17-15-13-11-9-7-2/h29,34-35H,6-28H2,1-5H3/p+1/t29-/m1/s1. The van der Waals surface area contributed by atoms with Gasteiger partial charge in [0, 0.05) is 12.8 Å². The minimum Gasteiger partial charge on any atom is -0.394 e. The molecule has 0 aliphatic heterocycles. The molecule has 0 rings (SSSR count). The Balaban J connectivity index is 5.46. The fourth-order valence-electron chi connectivity index (χ4n) is 5.18. The van der Waals surface area contributed by atoms with Crippen molar-refractivity contribution in [2.75, 3.05) is 40.9 Å². The van der Waals surface area contributed by atoms with Crippen molar-refractivity contribution < 1.29 is 42.8 Å². The number of quaternary nitrogens is 1. The summed E-state index contributed by atoms with van der Waals surface area (Å²) in [5, 5.41) is 18.7. The van der Waals surface area contributed by atoms with Crippen LogP contribution in [0.3, 0.4) is 0 Å². The highest BCUT2D eigenvalue weighted by Gasteiger charge is 2.54. The van der Waals surface area contributed by atoms with Crippen molar-refractivity contribution >= 4 is 19.4 Å². The van der Waals surface area contributed by atoms with Crippen LogP contribution >= 0.6 is 7.82 Å². The quantitative estimate of drug-likeness (QED) is 0.0341. The summed E-state index contributed by atoms with van der Waals surface area (Å²) >= 11 is 0. The van der Waals surface area contributed by atoms with Gasteiger partial charge in [-0.05, 0) is 12.8 Å². The van der Waals surface area contributed by atoms with E-state index in [0.29, 0.717) is 12.8 Å². The largest absolute Gasteiger partial charge is 0.473 e. The fraction of sp³-hybridized carbons (Fsp3) is 0.938. The highest BCUT2D eigenvalue weighted by atomic mass is 31.2. The molecule has 9 nitrogen and oxygen atoms in total. The second-order valence-corrected chi connectivity index (χ2v) is 14.3. The molecule has 0 aromatic carbocycles. The lowest BCUT2D eigenvalue weighted by atomic mass is 9.86. The van der Waals surface area contributed by atoms with E-state index >= 15 is 0 Å². The SMILES string of the molecule is CCCCCCCCCCCC(=O)C(C[N+](C)(C)C)(OP(=O)(O)OC[C@H](O)CO)C(=O)CCCCCCCCCCC. The summed E-state index contributed by atoms with van der Waals surface area (Å²) in [4.78, 5) is 38.1. The van der Waals surface area contributed by atoms with Gasteiger partial charge < -0.3 is 19.6 Å². The third kappa shape index (κ3) is 20.3. The van der Waals surface area contributed by atoms with Crippen molar-refractivity contribution in [1.29, 1.82) is 0 Å². The number of carbonyl (C=O) groups excluding carboxylic acids is 2. The summed E-state index contributed by atoms with van der Waals surface area (Å²) in [5.41, 5.74) is -2.13. The van der Waals surface area contributed by atoms with Gasteiger partial charge in [0.15, 0.2) is 11.6 Å². The zero-order valence-electron chi connectivity index (χ0n) is 27.6. The van der Waals surface area contributed by atoms with Gasteiger partial charge in [0.2, 0.25) is 5.60 Å². The number of aliphatic hydroxyl groups is 2. The zero-order chi connectivity index (χ0) is 31.9. The Kier molecular flexibility index (Phi) is 23.3. The zero-order valence-corrected chi connectivity index (χ0v) is 28.5. The minimum atomic E-state index is -4.92. The molecule has 250 valence electrons. The first-order valence-corrected chi connectivity index (χ1v) is 18.2. The smallest absolute Gasteiger partial charge is 0.394 e. The molecule has 0 amide bonds. The number of Topliss-reactive ketones (excluding diaryl/α,β-unsaturated/α-hetero) is 2. The molecule has 42 heavy (non-hydrogen) atoms. The molecular formula is C32H65NO8P+. The summed E-state index contributed by atoms with van der Waals surface area (Å²) < 4.78 is 23.6. The van der Waals surface area contributed by atoms with Gasteiger partial charge in [-0.15, -0.1) is 0 Å². The van der Waals surface area contributed by atoms with Crippen LogP contribution in [0.25, 0.3) is 0 Å². The molecule has 0 radical (unpaired) electrons. The van der Waals surface area contributed by atoms with Crippen LogP contribution < -0.4 is 0 Å². The lowest BCUT2D eigenvalue weighted by Gasteiger charge is -2.37. The van der Waals surface area contributed by atoms with Gasteiger partial charge >= 0.3 is 7.82 Å². The maximum atomic E-state index is 13.8. The Hall–Kier alpha value is -0.670. The van der Waals surface area contributed by atoms with E-state index < -0.39 is 44.3 Å². The Labute approximate surface area is 257 Å². The molecule has 2 atom stereocenters. The summed E-state index contributed by atoms with van der Waals surface area (Å²) in [5.74, 6) is -1.000. The van der Waals surface area contributed by atoms with Crippen LogP contribution in [0.5, 0.6) is 0 Å². The summed E-state index contributed by atoms with van der Waals surface area (Å²) in [6.07, 6.45) is 18.0. The molecule has 0 saturated heterocycles. The van der Waals surface area contributed by atoms with Gasteiger partial charge in [0.1, 0.15) is 12.6 Å². The first-order chi connectivity index (χ1) is 19.8. The summed E-state index contributed by atoms with van der Waals surface area (Å²) in [6, 6.07) is 0. The van der Waals surface area contributed by atoms with Gasteiger partial charge in [-0.25, -0.2) is 4.57 Å². The number of phosphoric acid groups is 1. The molecule has 1 unspecified atom stereocenters. The molecular weight excluding hydrogens is 557 g/mol. The molecule has 0 heterocycles. The maximum absolute atomic E-state index is 13.8. The van der Waals surface area contributed by atoms with Crippen molar-refractivity contribution in [3.05, 3.63) is 0 Å². The van der Waals surface area contributed by atoms with Gasteiger partial charge in [-0.2, -0.15) is 0 Å². The summed E-state index contributed by atoms with van der Waals surface area (Å²) in [7, 11) is 0.476. The number of hydrogen-bond acceptors (Lipinski definition) is 7. The van der Waals surface area contributed by atoms with Crippen molar-refractivity contribution in [2.45, 2.75) is 154 Å². The lowest BCUT2D eigenvalue weighted by molar-refractivity contribution is -0.874. The van der Waals surface area contributed by atoms with Crippen LogP contribution in [0.4, 0.5) is 0 Å². The second kappa shape index (κ2) is 23.7. The van der Waals surface area contributed by atoms with E-state index in [1.807, 2.05) is 0 Å². The van der Waals surface area contributed by atoms with E-state index in [0.717, 1.165) is 38.5 Å². The van der Waals surface area contributed by atoms with E-state index in [2.05, 4.69) is 13.8 Å². The number of rotatable bonds is 30. The number of unbranched alkanes of at least 4 members (excludes halogenated alkanes) is 16. The monoisotopic (exact) mass is 622 g/mol. The van der Waals surface area contributed by atoms with E-state index in [9.17, 15) is 24.2 Å². The first-order valence-electron chi connectivity index (χ1n) is 16.7. The summed E-state index contributed by atoms with van der Waals surface area (Å²) in [6.45, 7) is 2.94. The van der Waals surface area contributed by atoms with Crippen molar-refractivity contribution in [2.24, 2.45) is 0 Å². The molecule has 0 aliphatic carbocycles. The topological polar surface area (TPSA) is 130 Å². The number of carbonyl (C=O) groups is 2. The van der Waals surface area contributed by atoms with E-state index in [1.54, 1.807) is 21.1 Å². The Bertz CT molecular complexity index is 721. The molecule has 0 spiro atoms. The lowest BCUT2D eigenvalue weighted by Crippen LogP contribution is -2.59. The third-order valence-electron chi connectivity index (χ3n) is 7.52. The molecule has 0 aliphatic rings. The molecule has 0 aromatic rings. The predicted molar refractivity (Wildman–Crippen MR) is 169 cm³/mol. The number of aliphatic hydroxyl groups excluding tert-OH is 2. The van der Waals surface area contributed by atoms with Crippen molar-refractivity contribution in [3.8, 4) is 0 Å². The van der Waals surface area contributed by atoms with E-state index in [4.69, 9.17) is 14.2 Å². The Morgan fingerprint density at radius 3 is 1.40 bits per heavy atom. The average Bonchev–Trinajstić information content (AvgIpc) is 2.92. The number of nitrogens with zero attached hydrogens (tertiary/aromatic N) is 1. The van der Waals surface area contributed by atoms with Crippen LogP contribution in [0, 0.1) is 0 Å². The van der Waals surface area contributed by atoms with Crippen LogP contribution in [0.15, 0.2) is 0 Å². The molecule has 0 fully saturated rings. The fourth-order valence-corrected chi connectivity index (χ4v) is 6.25. The normalized spacial score (nSPS) is 14.6. The van der Waals surface area contributed by atoms with Crippen molar-refractivity contribution in [3.63, 3.8) is 0 Å². The Morgan fingerprint density at radius 2 is 1.07 bits per heavy atom. The number of ketones is 2. The van der Waals surface area contributed by atoms with Gasteiger partial charge in [-0.3, -0.25) is 18.6 Å². The van der Waals surface area contributed by atoms with Gasteiger partial charge in [0.05, 0.1) is 34.4 Å².